The Bertz CT molecular complexity index is 466. The molecular formula is C9H9N2O5S. The number of aromatic nitrogens is 1. The molecule has 0 bridgehead atoms. The first-order valence-corrected chi connectivity index (χ1v) is 5.27. The highest BCUT2D eigenvalue weighted by Gasteiger charge is 2.30. The molecule has 1 aromatic heterocycles. The van der Waals surface area contributed by atoms with Crippen LogP contribution in [0.4, 0.5) is 0 Å². The molecule has 8 heteroatoms. The largest absolute Gasteiger partial charge is 0.486 e. The highest BCUT2D eigenvalue weighted by Crippen LogP contribution is 2.17. The molecule has 17 heavy (non-hydrogen) atoms. The van der Waals surface area contributed by atoms with E-state index in [1.54, 1.807) is 0 Å². The Morgan fingerprint density at radius 3 is 2.71 bits per heavy atom. The molecule has 0 unspecified atom stereocenters. The molecule has 1 rings (SSSR count). The highest BCUT2D eigenvalue weighted by molar-refractivity contribution is 7.11. The minimum Gasteiger partial charge on any atom is -0.486 e. The Morgan fingerprint density at radius 2 is 2.29 bits per heavy atom. The predicted octanol–water partition coefficient (Wildman–Crippen LogP) is 0.542. The van der Waals surface area contributed by atoms with E-state index < -0.39 is 11.6 Å². The number of oxime groups is 1. The number of carboxylic acids is 1. The number of hydrogen-bond donors (Lipinski definition) is 2. The number of thiazole rings is 1. The summed E-state index contributed by atoms with van der Waals surface area (Å²) in [6.45, 7) is 2.56. The summed E-state index contributed by atoms with van der Waals surface area (Å²) in [6.07, 6.45) is 1.46. The van der Waals surface area contributed by atoms with Gasteiger partial charge in [0.2, 0.25) is 5.60 Å². The second-order valence-electron chi connectivity index (χ2n) is 3.46. The van der Waals surface area contributed by atoms with Crippen LogP contribution in [0.5, 0.6) is 5.19 Å². The maximum atomic E-state index is 10.7. The van der Waals surface area contributed by atoms with Gasteiger partial charge in [0.25, 0.3) is 11.5 Å². The van der Waals surface area contributed by atoms with Crippen LogP contribution < -0.4 is 0 Å². The van der Waals surface area contributed by atoms with E-state index in [0.717, 1.165) is 11.3 Å². The number of hydrogen-bond acceptors (Lipinski definition) is 7. The Balaban J connectivity index is 2.89. The lowest BCUT2D eigenvalue weighted by atomic mass is 10.1. The van der Waals surface area contributed by atoms with E-state index in [2.05, 4.69) is 10.1 Å². The molecule has 1 heterocycles. The standard InChI is InChI=1S/C9H9N2O5S/c1-9(2,7(13)14)16-11-5(3-12)6-4-17-8(15)10-6/h4H,1-2H3,(H,10,15)(H,13,14). The number of aromatic hydroxyl groups is 1. The second-order valence-corrected chi connectivity index (χ2v) is 4.30. The maximum absolute atomic E-state index is 10.7. The van der Waals surface area contributed by atoms with Gasteiger partial charge in [0.05, 0.1) is 0 Å². The monoisotopic (exact) mass is 257 g/mol. The molecule has 2 N–H and O–H groups in total. The lowest BCUT2D eigenvalue weighted by molar-refractivity contribution is -0.161. The zero-order valence-corrected chi connectivity index (χ0v) is 9.82. The Labute approximate surface area is 100 Å². The molecule has 0 aliphatic rings. The minimum atomic E-state index is -1.57. The first-order valence-electron chi connectivity index (χ1n) is 4.39. The average molecular weight is 257 g/mol. The molecule has 0 atom stereocenters. The Morgan fingerprint density at radius 1 is 1.65 bits per heavy atom. The van der Waals surface area contributed by atoms with Crippen molar-refractivity contribution in [1.29, 1.82) is 0 Å². The number of aliphatic carboxylic acids is 1. The maximum Gasteiger partial charge on any atom is 0.350 e. The van der Waals surface area contributed by atoms with Gasteiger partial charge in [-0.05, 0) is 13.8 Å². The molecule has 1 radical (unpaired) electrons. The van der Waals surface area contributed by atoms with Crippen LogP contribution in [0.15, 0.2) is 10.5 Å². The van der Waals surface area contributed by atoms with E-state index in [1.807, 2.05) is 0 Å². The quantitative estimate of drug-likeness (QED) is 0.588. The van der Waals surface area contributed by atoms with Crippen LogP contribution in [0.2, 0.25) is 0 Å². The third-order valence-electron chi connectivity index (χ3n) is 1.71. The Kier molecular flexibility index (Phi) is 3.79. The summed E-state index contributed by atoms with van der Waals surface area (Å²) in [5, 5.41) is 22.3. The van der Waals surface area contributed by atoms with Crippen LogP contribution in [0.25, 0.3) is 0 Å². The number of carboxylic acid groups (broad SMARTS) is 1. The number of rotatable bonds is 5. The molecule has 91 valence electrons. The van der Waals surface area contributed by atoms with Crippen molar-refractivity contribution in [3.63, 3.8) is 0 Å². The third-order valence-corrected chi connectivity index (χ3v) is 2.35. The van der Waals surface area contributed by atoms with Crippen LogP contribution >= 0.6 is 11.3 Å². The summed E-state index contributed by atoms with van der Waals surface area (Å²) in [4.78, 5) is 29.6. The molecule has 0 aromatic carbocycles. The van der Waals surface area contributed by atoms with E-state index in [0.29, 0.717) is 0 Å². The van der Waals surface area contributed by atoms with E-state index in [4.69, 9.17) is 15.1 Å². The smallest absolute Gasteiger partial charge is 0.350 e. The van der Waals surface area contributed by atoms with E-state index in [9.17, 15) is 9.59 Å². The van der Waals surface area contributed by atoms with Gasteiger partial charge in [-0.1, -0.05) is 16.5 Å². The summed E-state index contributed by atoms with van der Waals surface area (Å²) < 4.78 is 0. The summed E-state index contributed by atoms with van der Waals surface area (Å²) in [5.41, 5.74) is -1.81. The van der Waals surface area contributed by atoms with Crippen molar-refractivity contribution in [3.05, 3.63) is 11.1 Å². The van der Waals surface area contributed by atoms with Crippen molar-refractivity contribution >= 4 is 29.3 Å². The molecule has 0 aliphatic carbocycles. The fourth-order valence-corrected chi connectivity index (χ4v) is 1.22. The van der Waals surface area contributed by atoms with Crippen molar-refractivity contribution in [2.75, 3.05) is 0 Å². The summed E-state index contributed by atoms with van der Waals surface area (Å²) >= 11 is 0.901. The molecule has 0 amide bonds. The van der Waals surface area contributed by atoms with Gasteiger partial charge in [0.1, 0.15) is 5.69 Å². The summed E-state index contributed by atoms with van der Waals surface area (Å²) in [6, 6.07) is 0. The molecule has 0 fully saturated rings. The van der Waals surface area contributed by atoms with Crippen LogP contribution in [-0.2, 0) is 14.4 Å². The topological polar surface area (TPSA) is 109 Å². The first kappa shape index (κ1) is 13.1. The molecule has 0 spiro atoms. The molecule has 7 nitrogen and oxygen atoms in total. The predicted molar refractivity (Wildman–Crippen MR) is 58.8 cm³/mol. The number of carbonyl (C=O) groups excluding carboxylic acids is 1. The number of carbonyl (C=O) groups is 1. The minimum absolute atomic E-state index is 0.0729. The SMILES string of the molecule is CC(C)(ON=C([C]=O)c1csc(O)n1)C(=O)O. The normalized spacial score (nSPS) is 12.2. The lowest BCUT2D eigenvalue weighted by Crippen LogP contribution is -2.33. The zero-order chi connectivity index (χ0) is 13.1. The van der Waals surface area contributed by atoms with E-state index in [1.165, 1.54) is 25.5 Å². The fraction of sp³-hybridized carbons (Fsp3) is 0.333. The van der Waals surface area contributed by atoms with Crippen LogP contribution in [-0.4, -0.2) is 38.8 Å². The van der Waals surface area contributed by atoms with Gasteiger partial charge in [-0.15, -0.1) is 0 Å². The highest BCUT2D eigenvalue weighted by atomic mass is 32.1. The second kappa shape index (κ2) is 4.91. The fourth-order valence-electron chi connectivity index (χ4n) is 0.690. The molecule has 0 aliphatic heterocycles. The van der Waals surface area contributed by atoms with Crippen LogP contribution in [0.3, 0.4) is 0 Å². The van der Waals surface area contributed by atoms with Gasteiger partial charge in [-0.25, -0.2) is 9.78 Å². The Hall–Kier alpha value is -1.96. The zero-order valence-electron chi connectivity index (χ0n) is 9.00. The van der Waals surface area contributed by atoms with E-state index in [-0.39, 0.29) is 16.6 Å². The van der Waals surface area contributed by atoms with Crippen molar-refractivity contribution in [3.8, 4) is 5.19 Å². The van der Waals surface area contributed by atoms with Gasteiger partial charge in [0, 0.05) is 5.38 Å². The molecular weight excluding hydrogens is 248 g/mol. The van der Waals surface area contributed by atoms with Crippen molar-refractivity contribution < 1.29 is 24.6 Å². The van der Waals surface area contributed by atoms with Gasteiger partial charge in [-0.2, -0.15) is 0 Å². The van der Waals surface area contributed by atoms with Crippen LogP contribution in [0, 0.1) is 0 Å². The van der Waals surface area contributed by atoms with Crippen molar-refractivity contribution in [2.45, 2.75) is 19.4 Å². The van der Waals surface area contributed by atoms with Crippen molar-refractivity contribution in [2.24, 2.45) is 5.16 Å². The van der Waals surface area contributed by atoms with E-state index >= 15 is 0 Å². The lowest BCUT2D eigenvalue weighted by Gasteiger charge is -2.16. The average Bonchev–Trinajstić information content (AvgIpc) is 2.65. The van der Waals surface area contributed by atoms with Gasteiger partial charge >= 0.3 is 5.97 Å². The number of nitrogens with zero attached hydrogens (tertiary/aromatic N) is 2. The molecule has 0 saturated heterocycles. The molecule has 0 saturated carbocycles. The summed E-state index contributed by atoms with van der Waals surface area (Å²) in [5.74, 6) is -1.23. The summed E-state index contributed by atoms with van der Waals surface area (Å²) in [7, 11) is 0. The molecule has 1 aromatic rings. The van der Waals surface area contributed by atoms with Gasteiger partial charge in [0.15, 0.2) is 5.71 Å². The van der Waals surface area contributed by atoms with Gasteiger partial charge < -0.3 is 15.1 Å². The first-order chi connectivity index (χ1) is 7.86. The van der Waals surface area contributed by atoms with Crippen LogP contribution in [0.1, 0.15) is 19.5 Å². The van der Waals surface area contributed by atoms with Crippen molar-refractivity contribution in [1.82, 2.24) is 4.98 Å². The van der Waals surface area contributed by atoms with Gasteiger partial charge in [-0.3, -0.25) is 4.79 Å². The third kappa shape index (κ3) is 3.25.